The summed E-state index contributed by atoms with van der Waals surface area (Å²) >= 11 is 0. The largest absolute Gasteiger partial charge is 0.507 e. The van der Waals surface area contributed by atoms with Gasteiger partial charge in [0.15, 0.2) is 0 Å². The zero-order valence-corrected chi connectivity index (χ0v) is 14.9. The number of hydrogen-bond acceptors (Lipinski definition) is 4. The van der Waals surface area contributed by atoms with Crippen LogP contribution in [0.2, 0.25) is 0 Å². The first-order valence-corrected chi connectivity index (χ1v) is 8.00. The third-order valence-electron chi connectivity index (χ3n) is 3.78. The van der Waals surface area contributed by atoms with Crippen LogP contribution in [0.5, 0.6) is 11.5 Å². The Balaban J connectivity index is 2.58. The third-order valence-corrected chi connectivity index (χ3v) is 3.78. The fourth-order valence-electron chi connectivity index (χ4n) is 2.49. The molecule has 0 aliphatic heterocycles. The number of carboxylic acid groups (broad SMARTS) is 1. The number of carboxylic acids is 1. The Morgan fingerprint density at radius 1 is 1.27 bits per heavy atom. The van der Waals surface area contributed by atoms with E-state index in [2.05, 4.69) is 4.98 Å². The van der Waals surface area contributed by atoms with Crippen LogP contribution in [-0.4, -0.2) is 28.3 Å². The van der Waals surface area contributed by atoms with Gasteiger partial charge < -0.3 is 19.9 Å². The first-order valence-electron chi connectivity index (χ1n) is 8.00. The van der Waals surface area contributed by atoms with Crippen LogP contribution >= 0.6 is 0 Å². The molecule has 1 heterocycles. The number of carbonyl (C=O) groups is 1. The lowest BCUT2D eigenvalue weighted by Gasteiger charge is -2.14. The summed E-state index contributed by atoms with van der Waals surface area (Å²) in [6, 6.07) is 6.22. The number of phenols is 1. The summed E-state index contributed by atoms with van der Waals surface area (Å²) in [5.41, 5.74) is 1.77. The maximum Gasteiger partial charge on any atom is 0.340 e. The molecule has 2 aromatic rings. The highest BCUT2D eigenvalue weighted by atomic mass is 16.5. The van der Waals surface area contributed by atoms with Crippen LogP contribution in [0.4, 0.5) is 0 Å². The number of pyridine rings is 1. The molecule has 0 aliphatic rings. The summed E-state index contributed by atoms with van der Waals surface area (Å²) in [5.74, 6) is -1.17. The number of nitrogens with one attached hydrogen (secondary N) is 1. The summed E-state index contributed by atoms with van der Waals surface area (Å²) in [7, 11) is 1.46. The molecule has 0 aliphatic carbocycles. The van der Waals surface area contributed by atoms with Gasteiger partial charge in [-0.3, -0.25) is 4.79 Å². The minimum Gasteiger partial charge on any atom is -0.507 e. The smallest absolute Gasteiger partial charge is 0.340 e. The first-order chi connectivity index (χ1) is 12.3. The maximum atomic E-state index is 11.7. The van der Waals surface area contributed by atoms with Gasteiger partial charge in [-0.15, -0.1) is 0 Å². The van der Waals surface area contributed by atoms with Gasteiger partial charge >= 0.3 is 5.97 Å². The minimum absolute atomic E-state index is 0.211. The lowest BCUT2D eigenvalue weighted by atomic mass is 9.97. The molecule has 0 bridgehead atoms. The van der Waals surface area contributed by atoms with E-state index in [4.69, 9.17) is 4.74 Å². The monoisotopic (exact) mass is 355 g/mol. The van der Waals surface area contributed by atoms with Crippen molar-refractivity contribution in [1.82, 2.24) is 4.98 Å². The Morgan fingerprint density at radius 2 is 2.00 bits per heavy atom. The number of benzene rings is 1. The van der Waals surface area contributed by atoms with Crippen LogP contribution in [0.25, 0.3) is 12.2 Å². The molecule has 26 heavy (non-hydrogen) atoms. The Hall–Kier alpha value is -3.28. The van der Waals surface area contributed by atoms with Crippen LogP contribution < -0.4 is 10.3 Å². The molecule has 0 unspecified atom stereocenters. The van der Waals surface area contributed by atoms with Gasteiger partial charge in [-0.2, -0.15) is 0 Å². The van der Waals surface area contributed by atoms with Crippen molar-refractivity contribution in [2.45, 2.75) is 20.3 Å². The second-order valence-electron chi connectivity index (χ2n) is 5.96. The fraction of sp³-hybridized carbons (Fsp3) is 0.200. The van der Waals surface area contributed by atoms with Gasteiger partial charge in [-0.05, 0) is 44.0 Å². The van der Waals surface area contributed by atoms with Crippen molar-refractivity contribution >= 4 is 18.1 Å². The van der Waals surface area contributed by atoms with Crippen LogP contribution in [-0.2, 0) is 6.42 Å². The van der Waals surface area contributed by atoms with Gasteiger partial charge in [0.2, 0.25) is 5.56 Å². The Bertz CT molecular complexity index is 934. The molecule has 1 aromatic heterocycles. The van der Waals surface area contributed by atoms with Crippen LogP contribution in [0.15, 0.2) is 40.7 Å². The molecule has 0 atom stereocenters. The summed E-state index contributed by atoms with van der Waals surface area (Å²) < 4.78 is 5.33. The minimum atomic E-state index is -1.25. The van der Waals surface area contributed by atoms with E-state index in [1.807, 2.05) is 19.9 Å². The molecule has 136 valence electrons. The van der Waals surface area contributed by atoms with Crippen molar-refractivity contribution in [3.05, 3.63) is 68.7 Å². The van der Waals surface area contributed by atoms with E-state index in [1.54, 1.807) is 24.3 Å². The molecule has 0 spiro atoms. The van der Waals surface area contributed by atoms with Gasteiger partial charge in [0.05, 0.1) is 7.11 Å². The Kier molecular flexibility index (Phi) is 6.01. The fourth-order valence-corrected chi connectivity index (χ4v) is 2.49. The lowest BCUT2D eigenvalue weighted by molar-refractivity contribution is 0.0693. The third kappa shape index (κ3) is 4.42. The number of aromatic hydroxyl groups is 1. The molecule has 6 nitrogen and oxygen atoms in total. The molecule has 6 heteroatoms. The summed E-state index contributed by atoms with van der Waals surface area (Å²) in [5, 5.41) is 20.1. The quantitative estimate of drug-likeness (QED) is 0.689. The number of aromatic amines is 1. The number of rotatable bonds is 6. The van der Waals surface area contributed by atoms with Gasteiger partial charge in [-0.25, -0.2) is 4.79 Å². The van der Waals surface area contributed by atoms with Crippen molar-refractivity contribution in [3.8, 4) is 11.5 Å². The number of aromatic carboxylic acids is 1. The van der Waals surface area contributed by atoms with Gasteiger partial charge in [-0.1, -0.05) is 23.8 Å². The van der Waals surface area contributed by atoms with Gasteiger partial charge in [0.1, 0.15) is 17.1 Å². The zero-order chi connectivity index (χ0) is 19.3. The van der Waals surface area contributed by atoms with Crippen molar-refractivity contribution in [1.29, 1.82) is 0 Å². The molecular formula is C20H21NO5. The van der Waals surface area contributed by atoms with Crippen molar-refractivity contribution < 1.29 is 19.7 Å². The van der Waals surface area contributed by atoms with Crippen molar-refractivity contribution in [2.24, 2.45) is 0 Å². The average Bonchev–Trinajstić information content (AvgIpc) is 2.57. The second kappa shape index (κ2) is 8.20. The van der Waals surface area contributed by atoms with Crippen LogP contribution in [0.3, 0.4) is 0 Å². The van der Waals surface area contributed by atoms with E-state index in [9.17, 15) is 19.8 Å². The lowest BCUT2D eigenvalue weighted by Crippen LogP contribution is -2.05. The van der Waals surface area contributed by atoms with Crippen LogP contribution in [0, 0.1) is 0 Å². The summed E-state index contributed by atoms with van der Waals surface area (Å²) in [6.07, 6.45) is 5.32. The zero-order valence-electron chi connectivity index (χ0n) is 14.9. The topological polar surface area (TPSA) is 99.6 Å². The highest BCUT2D eigenvalue weighted by Crippen LogP contribution is 2.36. The Labute approximate surface area is 151 Å². The molecule has 0 saturated carbocycles. The Morgan fingerprint density at radius 3 is 2.58 bits per heavy atom. The molecule has 3 N–H and O–H groups in total. The number of methoxy groups -OCH3 is 1. The molecular weight excluding hydrogens is 334 g/mol. The second-order valence-corrected chi connectivity index (χ2v) is 5.96. The van der Waals surface area contributed by atoms with E-state index >= 15 is 0 Å². The van der Waals surface area contributed by atoms with Gasteiger partial charge in [0.25, 0.3) is 0 Å². The molecule has 0 amide bonds. The SMILES string of the molecule is COc1cc(/C=C/c2cccc(=O)[nH]2)c(C(=O)O)c(O)c1CC=C(C)C. The average molecular weight is 355 g/mol. The van der Waals surface area contributed by atoms with Crippen LogP contribution in [0.1, 0.15) is 41.0 Å². The standard InChI is InChI=1S/C20H21NO5/c1-12(2)7-10-15-16(26-3)11-13(18(19(15)23)20(24)25)8-9-14-5-4-6-17(22)21-14/h4-9,11,23H,10H2,1-3H3,(H,21,22)(H,24,25)/b9-8+. The molecule has 0 fully saturated rings. The summed E-state index contributed by atoms with van der Waals surface area (Å²) in [6.45, 7) is 3.83. The number of allylic oxidation sites excluding steroid dienone is 2. The molecule has 2 rings (SSSR count). The molecule has 1 aromatic carbocycles. The number of aromatic nitrogens is 1. The normalized spacial score (nSPS) is 10.7. The van der Waals surface area contributed by atoms with Crippen molar-refractivity contribution in [3.63, 3.8) is 0 Å². The van der Waals surface area contributed by atoms with E-state index < -0.39 is 5.97 Å². The number of ether oxygens (including phenoxy) is 1. The predicted octanol–water partition coefficient (Wildman–Crippen LogP) is 3.47. The molecule has 0 radical (unpaired) electrons. The predicted molar refractivity (Wildman–Crippen MR) is 101 cm³/mol. The summed E-state index contributed by atoms with van der Waals surface area (Å²) in [4.78, 5) is 25.7. The van der Waals surface area contributed by atoms with Crippen molar-refractivity contribution in [2.75, 3.05) is 7.11 Å². The van der Waals surface area contributed by atoms with Gasteiger partial charge in [0, 0.05) is 17.3 Å². The maximum absolute atomic E-state index is 11.7. The molecule has 0 saturated heterocycles. The first kappa shape index (κ1) is 19.1. The van der Waals surface area contributed by atoms with E-state index in [1.165, 1.54) is 19.3 Å². The van der Waals surface area contributed by atoms with E-state index in [-0.39, 0.29) is 22.4 Å². The van der Waals surface area contributed by atoms with E-state index in [0.29, 0.717) is 23.4 Å². The number of H-pyrrole nitrogens is 1. The highest BCUT2D eigenvalue weighted by molar-refractivity contribution is 5.97. The van der Waals surface area contributed by atoms with E-state index in [0.717, 1.165) is 5.57 Å². The highest BCUT2D eigenvalue weighted by Gasteiger charge is 2.21. The number of hydrogen-bond donors (Lipinski definition) is 3.